The van der Waals surface area contributed by atoms with Crippen LogP contribution in [0.25, 0.3) is 0 Å². The van der Waals surface area contributed by atoms with Gasteiger partial charge in [-0.3, -0.25) is 4.79 Å². The van der Waals surface area contributed by atoms with Crippen LogP contribution in [0.15, 0.2) is 5.38 Å². The van der Waals surface area contributed by atoms with Crippen LogP contribution in [0.5, 0.6) is 0 Å². The number of anilines is 1. The van der Waals surface area contributed by atoms with Gasteiger partial charge in [0.1, 0.15) is 0 Å². The van der Waals surface area contributed by atoms with Crippen LogP contribution in [0.4, 0.5) is 5.13 Å². The summed E-state index contributed by atoms with van der Waals surface area (Å²) in [6.07, 6.45) is 2.39. The van der Waals surface area contributed by atoms with E-state index in [1.165, 1.54) is 18.4 Å². The summed E-state index contributed by atoms with van der Waals surface area (Å²) in [5, 5.41) is 6.12. The van der Waals surface area contributed by atoms with E-state index in [2.05, 4.69) is 28.9 Å². The van der Waals surface area contributed by atoms with Gasteiger partial charge in [0.25, 0.3) is 0 Å². The van der Waals surface area contributed by atoms with Crippen molar-refractivity contribution in [1.29, 1.82) is 0 Å². The minimum absolute atomic E-state index is 0.248. The van der Waals surface area contributed by atoms with Crippen molar-refractivity contribution in [2.75, 3.05) is 12.4 Å². The molecule has 1 N–H and O–H groups in total. The Morgan fingerprint density at radius 2 is 2.25 bits per heavy atom. The van der Waals surface area contributed by atoms with Crippen LogP contribution in [0.3, 0.4) is 0 Å². The summed E-state index contributed by atoms with van der Waals surface area (Å²) in [6, 6.07) is 0.456. The second kappa shape index (κ2) is 6.48. The Kier molecular flexibility index (Phi) is 5.25. The molecule has 0 spiro atoms. The molecule has 5 heteroatoms. The smallest absolute Gasteiger partial charge is 0.311 e. The molecule has 0 aliphatic carbocycles. The van der Waals surface area contributed by atoms with E-state index in [0.29, 0.717) is 6.04 Å². The zero-order chi connectivity index (χ0) is 12.0. The zero-order valence-corrected chi connectivity index (χ0v) is 10.8. The molecule has 90 valence electrons. The van der Waals surface area contributed by atoms with Crippen LogP contribution < -0.4 is 5.32 Å². The molecular formula is C11H18N2O2S. The Balaban J connectivity index is 2.54. The van der Waals surface area contributed by atoms with Gasteiger partial charge in [-0.15, -0.1) is 11.3 Å². The molecule has 0 fully saturated rings. The quantitative estimate of drug-likeness (QED) is 0.779. The first kappa shape index (κ1) is 13.0. The van der Waals surface area contributed by atoms with Crippen LogP contribution in [-0.2, 0) is 16.0 Å². The van der Waals surface area contributed by atoms with E-state index < -0.39 is 0 Å². The van der Waals surface area contributed by atoms with Gasteiger partial charge >= 0.3 is 5.97 Å². The minimum atomic E-state index is -0.251. The largest absolute Gasteiger partial charge is 0.469 e. The monoisotopic (exact) mass is 242 g/mol. The van der Waals surface area contributed by atoms with Gasteiger partial charge in [0.05, 0.1) is 19.2 Å². The lowest BCUT2D eigenvalue weighted by Gasteiger charge is -2.12. The maximum atomic E-state index is 11.0. The summed E-state index contributed by atoms with van der Waals surface area (Å²) >= 11 is 1.53. The number of carbonyl (C=O) groups is 1. The molecule has 0 atom stereocenters. The molecule has 16 heavy (non-hydrogen) atoms. The number of carbonyl (C=O) groups excluding carboxylic acids is 1. The van der Waals surface area contributed by atoms with Crippen molar-refractivity contribution in [2.24, 2.45) is 0 Å². The van der Waals surface area contributed by atoms with Gasteiger partial charge in [0, 0.05) is 11.4 Å². The van der Waals surface area contributed by atoms with Crippen molar-refractivity contribution in [2.45, 2.75) is 39.2 Å². The lowest BCUT2D eigenvalue weighted by atomic mass is 10.2. The molecule has 0 saturated carbocycles. The van der Waals surface area contributed by atoms with E-state index in [0.717, 1.165) is 23.7 Å². The highest BCUT2D eigenvalue weighted by atomic mass is 32.1. The number of thiazole rings is 1. The highest BCUT2D eigenvalue weighted by Crippen LogP contribution is 2.18. The predicted octanol–water partition coefficient (Wildman–Crippen LogP) is 2.46. The molecule has 1 aromatic rings. The normalized spacial score (nSPS) is 10.5. The second-order valence-electron chi connectivity index (χ2n) is 3.55. The van der Waals surface area contributed by atoms with Crippen LogP contribution in [0.2, 0.25) is 0 Å². The van der Waals surface area contributed by atoms with Gasteiger partial charge in [-0.05, 0) is 12.8 Å². The Hall–Kier alpha value is -1.10. The molecule has 4 nitrogen and oxygen atoms in total. The fourth-order valence-electron chi connectivity index (χ4n) is 1.34. The van der Waals surface area contributed by atoms with Crippen molar-refractivity contribution in [3.63, 3.8) is 0 Å². The van der Waals surface area contributed by atoms with Crippen molar-refractivity contribution in [3.8, 4) is 0 Å². The third-order valence-corrected chi connectivity index (χ3v) is 3.24. The number of nitrogens with one attached hydrogen (secondary N) is 1. The van der Waals surface area contributed by atoms with E-state index in [9.17, 15) is 4.79 Å². The van der Waals surface area contributed by atoms with Crippen molar-refractivity contribution in [3.05, 3.63) is 11.1 Å². The second-order valence-corrected chi connectivity index (χ2v) is 4.41. The first-order valence-electron chi connectivity index (χ1n) is 5.47. The number of methoxy groups -OCH3 is 1. The molecule has 0 aliphatic heterocycles. The third-order valence-electron chi connectivity index (χ3n) is 2.42. The maximum Gasteiger partial charge on any atom is 0.311 e. The molecule has 0 saturated heterocycles. The average Bonchev–Trinajstić information content (AvgIpc) is 2.73. The molecule has 1 rings (SSSR count). The number of aromatic nitrogens is 1. The molecule has 0 amide bonds. The lowest BCUT2D eigenvalue weighted by Crippen LogP contribution is -2.16. The predicted molar refractivity (Wildman–Crippen MR) is 65.8 cm³/mol. The SMILES string of the molecule is CCC(CC)Nc1nc(CC(=O)OC)cs1. The van der Waals surface area contributed by atoms with Gasteiger partial charge in [0.2, 0.25) is 0 Å². The first-order valence-corrected chi connectivity index (χ1v) is 6.35. The van der Waals surface area contributed by atoms with Crippen molar-refractivity contribution >= 4 is 22.4 Å². The highest BCUT2D eigenvalue weighted by Gasteiger charge is 2.09. The Labute approximate surface area is 100 Å². The molecule has 1 aromatic heterocycles. The third kappa shape index (κ3) is 3.81. The first-order chi connectivity index (χ1) is 7.69. The van der Waals surface area contributed by atoms with E-state index >= 15 is 0 Å². The van der Waals surface area contributed by atoms with Crippen molar-refractivity contribution in [1.82, 2.24) is 4.98 Å². The summed E-state index contributed by atoms with van der Waals surface area (Å²) in [7, 11) is 1.39. The van der Waals surface area contributed by atoms with Gasteiger partial charge in [-0.2, -0.15) is 0 Å². The Morgan fingerprint density at radius 3 is 2.81 bits per heavy atom. The number of rotatable bonds is 6. The molecule has 0 radical (unpaired) electrons. The highest BCUT2D eigenvalue weighted by molar-refractivity contribution is 7.13. The maximum absolute atomic E-state index is 11.0. The van der Waals surface area contributed by atoms with Gasteiger partial charge in [-0.1, -0.05) is 13.8 Å². The molecule has 0 unspecified atom stereocenters. The summed E-state index contributed by atoms with van der Waals surface area (Å²) in [5.74, 6) is -0.251. The molecule has 0 aliphatic rings. The van der Waals surface area contributed by atoms with Crippen LogP contribution in [0.1, 0.15) is 32.4 Å². The van der Waals surface area contributed by atoms with E-state index in [1.54, 1.807) is 0 Å². The summed E-state index contributed by atoms with van der Waals surface area (Å²) in [4.78, 5) is 15.4. The van der Waals surface area contributed by atoms with Crippen LogP contribution in [0, 0.1) is 0 Å². The standard InChI is InChI=1S/C11H18N2O2S/c1-4-8(5-2)12-11-13-9(7-16-11)6-10(14)15-3/h7-8H,4-6H2,1-3H3,(H,12,13). The number of hydrogen-bond acceptors (Lipinski definition) is 5. The van der Waals surface area contributed by atoms with Crippen molar-refractivity contribution < 1.29 is 9.53 Å². The molecule has 0 bridgehead atoms. The number of nitrogens with zero attached hydrogens (tertiary/aromatic N) is 1. The zero-order valence-electron chi connectivity index (χ0n) is 9.95. The number of ether oxygens (including phenoxy) is 1. The molecule has 1 heterocycles. The number of hydrogen-bond donors (Lipinski definition) is 1. The van der Waals surface area contributed by atoms with Gasteiger partial charge < -0.3 is 10.1 Å². The Morgan fingerprint density at radius 1 is 1.56 bits per heavy atom. The van der Waals surface area contributed by atoms with Crippen LogP contribution in [-0.4, -0.2) is 24.1 Å². The van der Waals surface area contributed by atoms with Gasteiger partial charge in [0.15, 0.2) is 5.13 Å². The molecule has 0 aromatic carbocycles. The Bertz CT molecular complexity index is 334. The average molecular weight is 242 g/mol. The molecular weight excluding hydrogens is 224 g/mol. The summed E-state index contributed by atoms with van der Waals surface area (Å²) in [6.45, 7) is 4.29. The fourth-order valence-corrected chi connectivity index (χ4v) is 2.13. The lowest BCUT2D eigenvalue weighted by molar-refractivity contribution is -0.139. The van der Waals surface area contributed by atoms with Crippen LogP contribution >= 0.6 is 11.3 Å². The summed E-state index contributed by atoms with van der Waals surface area (Å²) in [5.41, 5.74) is 0.769. The minimum Gasteiger partial charge on any atom is -0.469 e. The van der Waals surface area contributed by atoms with E-state index in [4.69, 9.17) is 0 Å². The summed E-state index contributed by atoms with van der Waals surface area (Å²) < 4.78 is 4.59. The van der Waals surface area contributed by atoms with Gasteiger partial charge in [-0.25, -0.2) is 4.98 Å². The topological polar surface area (TPSA) is 51.2 Å². The number of esters is 1. The fraction of sp³-hybridized carbons (Fsp3) is 0.636. The van der Waals surface area contributed by atoms with E-state index in [1.807, 2.05) is 5.38 Å². The van der Waals surface area contributed by atoms with E-state index in [-0.39, 0.29) is 12.4 Å².